The first-order valence-electron chi connectivity index (χ1n) is 3.76. The second-order valence-corrected chi connectivity index (χ2v) is 2.35. The minimum absolute atomic E-state index is 0.366. The second-order valence-electron chi connectivity index (χ2n) is 1.96. The number of nitrogens with zero attached hydrogens (tertiary/aromatic N) is 2. The first-order chi connectivity index (χ1) is 5.72. The number of nitriles is 1. The van der Waals surface area contributed by atoms with Gasteiger partial charge in [-0.1, -0.05) is 25.4 Å². The van der Waals surface area contributed by atoms with Gasteiger partial charge < -0.3 is 0 Å². The Morgan fingerprint density at radius 2 is 2.00 bits per heavy atom. The number of aromatic nitrogens is 1. The average molecular weight is 183 g/mol. The van der Waals surface area contributed by atoms with Crippen molar-refractivity contribution in [1.82, 2.24) is 4.98 Å². The van der Waals surface area contributed by atoms with Crippen LogP contribution in [0.15, 0.2) is 12.1 Å². The molecule has 0 saturated heterocycles. The summed E-state index contributed by atoms with van der Waals surface area (Å²) in [6.07, 6.45) is 0. The molecule has 0 spiro atoms. The fourth-order valence-electron chi connectivity index (χ4n) is 0.682. The van der Waals surface area contributed by atoms with Gasteiger partial charge in [-0.25, -0.2) is 4.98 Å². The quantitative estimate of drug-likeness (QED) is 0.579. The maximum absolute atomic E-state index is 8.42. The molecule has 1 rings (SSSR count). The highest BCUT2D eigenvalue weighted by Gasteiger charge is 1.94. The number of hydrogen-bond donors (Lipinski definition) is 0. The number of pyridine rings is 1. The minimum atomic E-state index is 0.366. The largest absolute Gasteiger partial charge is 0.225 e. The highest BCUT2D eigenvalue weighted by atomic mass is 35.5. The highest BCUT2D eigenvalue weighted by Crippen LogP contribution is 2.08. The third kappa shape index (κ3) is 3.36. The minimum Gasteiger partial charge on any atom is -0.225 e. The molecule has 64 valence electrons. The lowest BCUT2D eigenvalue weighted by molar-refractivity contribution is 1.23. The van der Waals surface area contributed by atoms with E-state index in [4.69, 9.17) is 16.9 Å². The summed E-state index contributed by atoms with van der Waals surface area (Å²) >= 11 is 5.57. The zero-order chi connectivity index (χ0) is 9.56. The van der Waals surface area contributed by atoms with Gasteiger partial charge in [-0.3, -0.25) is 0 Å². The molecule has 3 heteroatoms. The molecule has 0 bridgehead atoms. The number of hydrogen-bond acceptors (Lipinski definition) is 2. The van der Waals surface area contributed by atoms with Crippen LogP contribution in [0.2, 0.25) is 5.15 Å². The zero-order valence-electron chi connectivity index (χ0n) is 7.43. The van der Waals surface area contributed by atoms with Crippen LogP contribution in [0.4, 0.5) is 0 Å². The summed E-state index contributed by atoms with van der Waals surface area (Å²) < 4.78 is 0. The number of aryl methyl sites for hydroxylation is 1. The Morgan fingerprint density at radius 1 is 1.42 bits per heavy atom. The van der Waals surface area contributed by atoms with E-state index in [9.17, 15) is 0 Å². The molecule has 0 unspecified atom stereocenters. The summed E-state index contributed by atoms with van der Waals surface area (Å²) in [5.41, 5.74) is 1.32. The monoisotopic (exact) mass is 182 g/mol. The Hall–Kier alpha value is -1.07. The van der Waals surface area contributed by atoms with Crippen molar-refractivity contribution >= 4 is 11.6 Å². The van der Waals surface area contributed by atoms with E-state index in [2.05, 4.69) is 4.98 Å². The van der Waals surface area contributed by atoms with Crippen molar-refractivity contribution in [2.75, 3.05) is 0 Å². The van der Waals surface area contributed by atoms with Crippen LogP contribution in [-0.2, 0) is 0 Å². The number of rotatable bonds is 0. The molecule has 1 aromatic heterocycles. The van der Waals surface area contributed by atoms with Crippen LogP contribution in [0, 0.1) is 18.3 Å². The molecule has 0 aliphatic heterocycles. The summed E-state index contributed by atoms with van der Waals surface area (Å²) in [5.74, 6) is 0. The summed E-state index contributed by atoms with van der Waals surface area (Å²) in [4.78, 5) is 3.76. The maximum atomic E-state index is 8.42. The lowest BCUT2D eigenvalue weighted by Gasteiger charge is -1.92. The summed E-state index contributed by atoms with van der Waals surface area (Å²) in [7, 11) is 0. The van der Waals surface area contributed by atoms with E-state index >= 15 is 0 Å². The molecule has 0 saturated carbocycles. The molecule has 0 aromatic carbocycles. The van der Waals surface area contributed by atoms with Gasteiger partial charge in [0.2, 0.25) is 0 Å². The van der Waals surface area contributed by atoms with Gasteiger partial charge in [0.15, 0.2) is 0 Å². The van der Waals surface area contributed by atoms with Crippen molar-refractivity contribution < 1.29 is 0 Å². The molecule has 2 nitrogen and oxygen atoms in total. The molecule has 0 aliphatic rings. The van der Waals surface area contributed by atoms with Gasteiger partial charge in [0, 0.05) is 0 Å². The fourth-order valence-corrected chi connectivity index (χ4v) is 0.945. The molecule has 12 heavy (non-hydrogen) atoms. The van der Waals surface area contributed by atoms with Gasteiger partial charge in [-0.15, -0.1) is 0 Å². The van der Waals surface area contributed by atoms with E-state index in [0.29, 0.717) is 10.8 Å². The van der Waals surface area contributed by atoms with Gasteiger partial charge in [0.25, 0.3) is 0 Å². The number of halogens is 1. The van der Waals surface area contributed by atoms with E-state index in [-0.39, 0.29) is 0 Å². The molecule has 1 heterocycles. The Morgan fingerprint density at radius 3 is 2.42 bits per heavy atom. The fraction of sp³-hybridized carbons (Fsp3) is 0.333. The van der Waals surface area contributed by atoms with Crippen LogP contribution in [0.1, 0.15) is 25.1 Å². The van der Waals surface area contributed by atoms with E-state index in [1.807, 2.05) is 26.8 Å². The van der Waals surface area contributed by atoms with Crippen molar-refractivity contribution in [1.29, 1.82) is 5.26 Å². The topological polar surface area (TPSA) is 36.7 Å². The van der Waals surface area contributed by atoms with E-state index in [0.717, 1.165) is 5.56 Å². The molecule has 0 amide bonds. The first kappa shape index (κ1) is 10.9. The first-order valence-corrected chi connectivity index (χ1v) is 4.14. The SMILES string of the molecule is CC.Cc1cc(Cl)nc(C#N)c1. The van der Waals surface area contributed by atoms with Gasteiger partial charge in [0.05, 0.1) is 0 Å². The van der Waals surface area contributed by atoms with Crippen molar-refractivity contribution in [3.8, 4) is 6.07 Å². The third-order valence-corrected chi connectivity index (χ3v) is 1.25. The third-order valence-electron chi connectivity index (χ3n) is 1.05. The van der Waals surface area contributed by atoms with Gasteiger partial charge >= 0.3 is 0 Å². The molecule has 0 fully saturated rings. The zero-order valence-corrected chi connectivity index (χ0v) is 8.18. The van der Waals surface area contributed by atoms with Gasteiger partial charge in [0.1, 0.15) is 16.9 Å². The van der Waals surface area contributed by atoms with Crippen LogP contribution in [0.3, 0.4) is 0 Å². The van der Waals surface area contributed by atoms with Crippen molar-refractivity contribution in [3.63, 3.8) is 0 Å². The van der Waals surface area contributed by atoms with Crippen molar-refractivity contribution in [3.05, 3.63) is 28.5 Å². The molecule has 0 aliphatic carbocycles. The molecule has 1 aromatic rings. The van der Waals surface area contributed by atoms with Crippen LogP contribution in [0.5, 0.6) is 0 Å². The summed E-state index contributed by atoms with van der Waals surface area (Å²) in [6, 6.07) is 5.31. The van der Waals surface area contributed by atoms with Crippen LogP contribution in [-0.4, -0.2) is 4.98 Å². The van der Waals surface area contributed by atoms with Crippen LogP contribution < -0.4 is 0 Å². The van der Waals surface area contributed by atoms with E-state index in [1.54, 1.807) is 12.1 Å². The molecule has 0 N–H and O–H groups in total. The Bertz CT molecular complexity index is 269. The predicted molar refractivity (Wildman–Crippen MR) is 50.0 cm³/mol. The molecular weight excluding hydrogens is 172 g/mol. The lowest BCUT2D eigenvalue weighted by Crippen LogP contribution is -1.83. The van der Waals surface area contributed by atoms with E-state index < -0.39 is 0 Å². The maximum Gasteiger partial charge on any atom is 0.142 e. The predicted octanol–water partition coefficient (Wildman–Crippen LogP) is 2.94. The van der Waals surface area contributed by atoms with E-state index in [1.165, 1.54) is 0 Å². The van der Waals surface area contributed by atoms with Gasteiger partial charge in [-0.05, 0) is 24.6 Å². The lowest BCUT2D eigenvalue weighted by atomic mass is 10.2. The molecular formula is C9H11ClN2. The van der Waals surface area contributed by atoms with Crippen LogP contribution >= 0.6 is 11.6 Å². The average Bonchev–Trinajstić information content (AvgIpc) is 2.06. The van der Waals surface area contributed by atoms with Crippen LogP contribution in [0.25, 0.3) is 0 Å². The highest BCUT2D eigenvalue weighted by molar-refractivity contribution is 6.29. The summed E-state index contributed by atoms with van der Waals surface area (Å²) in [6.45, 7) is 5.87. The molecule has 0 atom stereocenters. The second kappa shape index (κ2) is 5.56. The van der Waals surface area contributed by atoms with Gasteiger partial charge in [-0.2, -0.15) is 5.26 Å². The summed E-state index contributed by atoms with van der Waals surface area (Å²) in [5, 5.41) is 8.79. The van der Waals surface area contributed by atoms with Crippen molar-refractivity contribution in [2.45, 2.75) is 20.8 Å². The Balaban J connectivity index is 0.000000561. The van der Waals surface area contributed by atoms with Crippen molar-refractivity contribution in [2.24, 2.45) is 0 Å². The smallest absolute Gasteiger partial charge is 0.142 e. The molecule has 0 radical (unpaired) electrons. The Kier molecular flexibility index (Phi) is 5.07. The normalized spacial score (nSPS) is 7.92. The Labute approximate surface area is 77.8 Å². The standard InChI is InChI=1S/C7H5ClN2.C2H6/c1-5-2-6(4-9)10-7(8)3-5;1-2/h2-3H,1H3;1-2H3.